The second-order valence-electron chi connectivity index (χ2n) is 3.80. The zero-order valence-electron chi connectivity index (χ0n) is 11.1. The van der Waals surface area contributed by atoms with E-state index in [1.54, 1.807) is 7.11 Å². The number of nitrogens with zero attached hydrogens (tertiary/aromatic N) is 1. The van der Waals surface area contributed by atoms with Gasteiger partial charge in [0.15, 0.2) is 0 Å². The Labute approximate surface area is 108 Å². The number of aromatic nitrogens is 1. The molecular formula is C13H22N2O3. The molecule has 1 heterocycles. The van der Waals surface area contributed by atoms with E-state index in [2.05, 4.69) is 10.3 Å². The number of nitrogens with one attached hydrogen (secondary N) is 1. The first kappa shape index (κ1) is 14.9. The molecule has 0 atom stereocenters. The first-order valence-corrected chi connectivity index (χ1v) is 6.17. The Balaban J connectivity index is 2.13. The van der Waals surface area contributed by atoms with Gasteiger partial charge in [-0.1, -0.05) is 6.07 Å². The van der Waals surface area contributed by atoms with E-state index in [1.807, 2.05) is 25.2 Å². The SMILES string of the molecule is CNCc1cccc(OCCOCCCOC)n1. The molecule has 0 aromatic carbocycles. The first-order valence-electron chi connectivity index (χ1n) is 6.17. The molecule has 0 bridgehead atoms. The molecule has 18 heavy (non-hydrogen) atoms. The van der Waals surface area contributed by atoms with Crippen molar-refractivity contribution < 1.29 is 14.2 Å². The van der Waals surface area contributed by atoms with Crippen LogP contribution in [0.2, 0.25) is 0 Å². The number of rotatable bonds is 10. The van der Waals surface area contributed by atoms with Gasteiger partial charge in [-0.15, -0.1) is 0 Å². The van der Waals surface area contributed by atoms with Gasteiger partial charge in [0.05, 0.1) is 12.3 Å². The lowest BCUT2D eigenvalue weighted by atomic mass is 10.3. The lowest BCUT2D eigenvalue weighted by Gasteiger charge is -2.07. The Hall–Kier alpha value is -1.17. The minimum Gasteiger partial charge on any atom is -0.475 e. The van der Waals surface area contributed by atoms with Gasteiger partial charge in [-0.3, -0.25) is 0 Å². The third-order valence-corrected chi connectivity index (χ3v) is 2.25. The Morgan fingerprint density at radius 2 is 2.06 bits per heavy atom. The molecular weight excluding hydrogens is 232 g/mol. The van der Waals surface area contributed by atoms with Crippen LogP contribution in [0.15, 0.2) is 18.2 Å². The van der Waals surface area contributed by atoms with Crippen LogP contribution in [0.5, 0.6) is 5.88 Å². The van der Waals surface area contributed by atoms with Crippen molar-refractivity contribution in [3.8, 4) is 5.88 Å². The third-order valence-electron chi connectivity index (χ3n) is 2.25. The van der Waals surface area contributed by atoms with Crippen molar-refractivity contribution in [3.05, 3.63) is 23.9 Å². The molecule has 0 aliphatic heterocycles. The molecule has 0 spiro atoms. The second-order valence-corrected chi connectivity index (χ2v) is 3.80. The number of methoxy groups -OCH3 is 1. The quantitative estimate of drug-likeness (QED) is 0.637. The smallest absolute Gasteiger partial charge is 0.213 e. The van der Waals surface area contributed by atoms with Crippen molar-refractivity contribution in [1.82, 2.24) is 10.3 Å². The maximum Gasteiger partial charge on any atom is 0.213 e. The van der Waals surface area contributed by atoms with Crippen LogP contribution in [-0.4, -0.2) is 45.6 Å². The van der Waals surface area contributed by atoms with Crippen LogP contribution < -0.4 is 10.1 Å². The summed E-state index contributed by atoms with van der Waals surface area (Å²) in [7, 11) is 3.58. The molecule has 1 N–H and O–H groups in total. The maximum atomic E-state index is 5.50. The lowest BCUT2D eigenvalue weighted by Crippen LogP contribution is -2.11. The zero-order valence-corrected chi connectivity index (χ0v) is 11.1. The van der Waals surface area contributed by atoms with E-state index in [4.69, 9.17) is 14.2 Å². The van der Waals surface area contributed by atoms with Gasteiger partial charge in [-0.05, 0) is 19.5 Å². The minimum absolute atomic E-state index is 0.517. The third kappa shape index (κ3) is 6.54. The van der Waals surface area contributed by atoms with Gasteiger partial charge in [0.25, 0.3) is 0 Å². The van der Waals surface area contributed by atoms with Crippen molar-refractivity contribution in [2.75, 3.05) is 40.6 Å². The molecule has 0 fully saturated rings. The van der Waals surface area contributed by atoms with Gasteiger partial charge < -0.3 is 19.5 Å². The summed E-state index contributed by atoms with van der Waals surface area (Å²) in [4.78, 5) is 4.35. The Morgan fingerprint density at radius 3 is 2.83 bits per heavy atom. The molecule has 102 valence electrons. The fourth-order valence-corrected chi connectivity index (χ4v) is 1.43. The Bertz CT molecular complexity index is 321. The summed E-state index contributed by atoms with van der Waals surface area (Å²) in [5, 5.41) is 3.05. The van der Waals surface area contributed by atoms with Crippen LogP contribution in [-0.2, 0) is 16.0 Å². The predicted octanol–water partition coefficient (Wildman–Crippen LogP) is 1.23. The van der Waals surface area contributed by atoms with E-state index in [9.17, 15) is 0 Å². The average molecular weight is 254 g/mol. The van der Waals surface area contributed by atoms with Gasteiger partial charge in [-0.25, -0.2) is 4.98 Å². The molecule has 1 aromatic heterocycles. The molecule has 1 aromatic rings. The number of ether oxygens (including phenoxy) is 3. The molecule has 0 aliphatic rings. The van der Waals surface area contributed by atoms with Crippen LogP contribution in [0, 0.1) is 0 Å². The molecule has 5 heteroatoms. The molecule has 0 radical (unpaired) electrons. The first-order chi connectivity index (χ1) is 8.86. The van der Waals surface area contributed by atoms with Crippen LogP contribution in [0.4, 0.5) is 0 Å². The summed E-state index contributed by atoms with van der Waals surface area (Å²) in [6.07, 6.45) is 0.909. The maximum absolute atomic E-state index is 5.50. The van der Waals surface area contributed by atoms with Gasteiger partial charge in [-0.2, -0.15) is 0 Å². The summed E-state index contributed by atoms with van der Waals surface area (Å²) in [5.74, 6) is 0.642. The molecule has 5 nitrogen and oxygen atoms in total. The highest BCUT2D eigenvalue weighted by atomic mass is 16.5. The van der Waals surface area contributed by atoms with Gasteiger partial charge in [0.2, 0.25) is 5.88 Å². The monoisotopic (exact) mass is 254 g/mol. The van der Waals surface area contributed by atoms with Crippen molar-refractivity contribution >= 4 is 0 Å². The molecule has 0 aliphatic carbocycles. The predicted molar refractivity (Wildman–Crippen MR) is 69.8 cm³/mol. The highest BCUT2D eigenvalue weighted by Crippen LogP contribution is 2.07. The van der Waals surface area contributed by atoms with Crippen LogP contribution in [0.3, 0.4) is 0 Å². The summed E-state index contributed by atoms with van der Waals surface area (Å²) < 4.78 is 15.8. The van der Waals surface area contributed by atoms with Crippen molar-refractivity contribution in [3.63, 3.8) is 0 Å². The average Bonchev–Trinajstić information content (AvgIpc) is 2.39. The highest BCUT2D eigenvalue weighted by molar-refractivity contribution is 5.15. The Morgan fingerprint density at radius 1 is 1.17 bits per heavy atom. The van der Waals surface area contributed by atoms with E-state index in [1.165, 1.54) is 0 Å². The number of hydrogen-bond acceptors (Lipinski definition) is 5. The Kier molecular flexibility index (Phi) is 8.12. The summed E-state index contributed by atoms with van der Waals surface area (Å²) in [6, 6.07) is 5.75. The summed E-state index contributed by atoms with van der Waals surface area (Å²) >= 11 is 0. The van der Waals surface area contributed by atoms with E-state index in [0.29, 0.717) is 25.7 Å². The fraction of sp³-hybridized carbons (Fsp3) is 0.615. The number of hydrogen-bond donors (Lipinski definition) is 1. The van der Waals surface area contributed by atoms with Crippen LogP contribution in [0.1, 0.15) is 12.1 Å². The second kappa shape index (κ2) is 9.82. The van der Waals surface area contributed by atoms with Crippen LogP contribution in [0.25, 0.3) is 0 Å². The highest BCUT2D eigenvalue weighted by Gasteiger charge is 1.98. The van der Waals surface area contributed by atoms with Crippen molar-refractivity contribution in [2.45, 2.75) is 13.0 Å². The van der Waals surface area contributed by atoms with Gasteiger partial charge in [0.1, 0.15) is 6.61 Å². The molecule has 0 saturated carbocycles. The van der Waals surface area contributed by atoms with Gasteiger partial charge in [0, 0.05) is 32.9 Å². The van der Waals surface area contributed by atoms with E-state index in [-0.39, 0.29) is 0 Å². The zero-order chi connectivity index (χ0) is 13.1. The lowest BCUT2D eigenvalue weighted by molar-refractivity contribution is 0.0795. The number of pyridine rings is 1. The van der Waals surface area contributed by atoms with E-state index in [0.717, 1.165) is 25.3 Å². The molecule has 0 amide bonds. The molecule has 1 rings (SSSR count). The van der Waals surface area contributed by atoms with Crippen molar-refractivity contribution in [1.29, 1.82) is 0 Å². The van der Waals surface area contributed by atoms with E-state index >= 15 is 0 Å². The summed E-state index contributed by atoms with van der Waals surface area (Å²) in [6.45, 7) is 3.26. The van der Waals surface area contributed by atoms with Crippen molar-refractivity contribution in [2.24, 2.45) is 0 Å². The standard InChI is InChI=1S/C13H22N2O3/c1-14-11-12-5-3-6-13(15-12)18-10-9-17-8-4-7-16-2/h3,5-6,14H,4,7-11H2,1-2H3. The topological polar surface area (TPSA) is 52.6 Å². The summed E-state index contributed by atoms with van der Waals surface area (Å²) in [5.41, 5.74) is 0.969. The minimum atomic E-state index is 0.517. The molecule has 0 unspecified atom stereocenters. The van der Waals surface area contributed by atoms with Crippen LogP contribution >= 0.6 is 0 Å². The van der Waals surface area contributed by atoms with Gasteiger partial charge >= 0.3 is 0 Å². The fourth-order valence-electron chi connectivity index (χ4n) is 1.43. The normalized spacial score (nSPS) is 10.6. The van der Waals surface area contributed by atoms with E-state index < -0.39 is 0 Å². The molecule has 0 saturated heterocycles. The largest absolute Gasteiger partial charge is 0.475 e.